The molecule has 0 saturated carbocycles. The Morgan fingerprint density at radius 3 is 1.63 bits per heavy atom. The van der Waals surface area contributed by atoms with Crippen molar-refractivity contribution in [3.05, 3.63) is 94.0 Å². The molecule has 2 nitrogen and oxygen atoms in total. The Bertz CT molecular complexity index is 874. The fourth-order valence-corrected chi connectivity index (χ4v) is 3.72. The number of hydrogen-bond acceptors (Lipinski definition) is 2. The van der Waals surface area contributed by atoms with Gasteiger partial charge in [-0.1, -0.05) is 48.5 Å². The van der Waals surface area contributed by atoms with Crippen LogP contribution in [0.3, 0.4) is 0 Å². The summed E-state index contributed by atoms with van der Waals surface area (Å²) in [6, 6.07) is 21.7. The summed E-state index contributed by atoms with van der Waals surface area (Å²) in [6.45, 7) is 6.39. The molecule has 0 atom stereocenters. The average molecular weight is 360 g/mol. The molecule has 3 rings (SSSR count). The molecule has 0 aliphatic rings. The minimum Gasteiger partial charge on any atom is -0.496 e. The number of benzene rings is 3. The number of rotatable bonds is 6. The van der Waals surface area contributed by atoms with Crippen LogP contribution in [0, 0.1) is 20.8 Å². The second-order valence-electron chi connectivity index (χ2n) is 7.14. The van der Waals surface area contributed by atoms with Crippen LogP contribution in [0.5, 0.6) is 11.5 Å². The van der Waals surface area contributed by atoms with Gasteiger partial charge in [0.25, 0.3) is 0 Å². The molecule has 0 amide bonds. The van der Waals surface area contributed by atoms with Gasteiger partial charge >= 0.3 is 0 Å². The molecule has 0 fully saturated rings. The number of ether oxygens (including phenoxy) is 2. The molecule has 0 bridgehead atoms. The third-order valence-corrected chi connectivity index (χ3v) is 5.33. The molecule has 0 saturated heterocycles. The standard InChI is InChI=1S/C25H28O2/c1-17-8-6-7-9-20(17)16-23(21-10-12-24(26-4)18(2)14-21)22-11-13-25(27-5)19(3)15-22/h6-15,23H,16H2,1-5H3. The molecule has 0 aliphatic carbocycles. The third kappa shape index (κ3) is 4.16. The molecule has 3 aromatic carbocycles. The van der Waals surface area contributed by atoms with E-state index < -0.39 is 0 Å². The van der Waals surface area contributed by atoms with Crippen LogP contribution in [-0.4, -0.2) is 14.2 Å². The quantitative estimate of drug-likeness (QED) is 0.536. The average Bonchev–Trinajstić information content (AvgIpc) is 2.67. The number of methoxy groups -OCH3 is 2. The molecule has 0 unspecified atom stereocenters. The van der Waals surface area contributed by atoms with E-state index in [1.54, 1.807) is 14.2 Å². The maximum atomic E-state index is 5.46. The zero-order chi connectivity index (χ0) is 19.4. The first-order valence-corrected chi connectivity index (χ1v) is 9.37. The summed E-state index contributed by atoms with van der Waals surface area (Å²) in [5.74, 6) is 2.14. The van der Waals surface area contributed by atoms with E-state index in [1.807, 2.05) is 0 Å². The first-order valence-electron chi connectivity index (χ1n) is 9.37. The van der Waals surface area contributed by atoms with E-state index in [0.717, 1.165) is 29.0 Å². The van der Waals surface area contributed by atoms with Crippen molar-refractivity contribution in [3.63, 3.8) is 0 Å². The Balaban J connectivity index is 2.07. The first-order chi connectivity index (χ1) is 13.0. The summed E-state index contributed by atoms with van der Waals surface area (Å²) in [7, 11) is 3.44. The highest BCUT2D eigenvalue weighted by molar-refractivity contribution is 5.45. The lowest BCUT2D eigenvalue weighted by Crippen LogP contribution is -2.07. The number of hydrogen-bond donors (Lipinski definition) is 0. The summed E-state index contributed by atoms with van der Waals surface area (Å²) in [6.07, 6.45) is 0.963. The molecule has 0 spiro atoms. The molecule has 3 aromatic rings. The second-order valence-corrected chi connectivity index (χ2v) is 7.14. The lowest BCUT2D eigenvalue weighted by molar-refractivity contribution is 0.411. The molecule has 0 aromatic heterocycles. The molecule has 2 heteroatoms. The van der Waals surface area contributed by atoms with Crippen LogP contribution in [0.25, 0.3) is 0 Å². The Morgan fingerprint density at radius 2 is 1.19 bits per heavy atom. The van der Waals surface area contributed by atoms with Gasteiger partial charge < -0.3 is 9.47 Å². The molecule has 0 heterocycles. The van der Waals surface area contributed by atoms with Crippen LogP contribution in [0.1, 0.15) is 39.3 Å². The van der Waals surface area contributed by atoms with Crippen molar-refractivity contribution in [2.45, 2.75) is 33.1 Å². The predicted octanol–water partition coefficient (Wildman–Crippen LogP) is 6.00. The van der Waals surface area contributed by atoms with Crippen molar-refractivity contribution in [3.8, 4) is 11.5 Å². The van der Waals surface area contributed by atoms with Crippen molar-refractivity contribution < 1.29 is 9.47 Å². The van der Waals surface area contributed by atoms with Gasteiger partial charge in [-0.25, -0.2) is 0 Å². The maximum Gasteiger partial charge on any atom is 0.121 e. The highest BCUT2D eigenvalue weighted by Gasteiger charge is 2.18. The molecule has 0 radical (unpaired) electrons. The van der Waals surface area contributed by atoms with Crippen molar-refractivity contribution in [1.82, 2.24) is 0 Å². The summed E-state index contributed by atoms with van der Waals surface area (Å²) in [5, 5.41) is 0. The zero-order valence-corrected chi connectivity index (χ0v) is 16.9. The monoisotopic (exact) mass is 360 g/mol. The lowest BCUT2D eigenvalue weighted by Gasteiger charge is -2.21. The third-order valence-electron chi connectivity index (χ3n) is 5.33. The summed E-state index contributed by atoms with van der Waals surface area (Å²) in [4.78, 5) is 0. The van der Waals surface area contributed by atoms with Gasteiger partial charge in [-0.2, -0.15) is 0 Å². The Hall–Kier alpha value is -2.74. The van der Waals surface area contributed by atoms with E-state index in [4.69, 9.17) is 9.47 Å². The summed E-state index contributed by atoms with van der Waals surface area (Å²) < 4.78 is 10.9. The molecular formula is C25H28O2. The Morgan fingerprint density at radius 1 is 0.667 bits per heavy atom. The van der Waals surface area contributed by atoms with Gasteiger partial charge in [0.15, 0.2) is 0 Å². The van der Waals surface area contributed by atoms with Gasteiger partial charge in [0.1, 0.15) is 11.5 Å². The smallest absolute Gasteiger partial charge is 0.121 e. The normalized spacial score (nSPS) is 10.9. The van der Waals surface area contributed by atoms with Crippen molar-refractivity contribution in [1.29, 1.82) is 0 Å². The topological polar surface area (TPSA) is 18.5 Å². The first kappa shape index (κ1) is 19.0. The highest BCUT2D eigenvalue weighted by atomic mass is 16.5. The minimum atomic E-state index is 0.278. The van der Waals surface area contributed by atoms with Crippen LogP contribution in [0.15, 0.2) is 60.7 Å². The minimum absolute atomic E-state index is 0.278. The SMILES string of the molecule is COc1ccc(C(Cc2ccccc2C)c2ccc(OC)c(C)c2)cc1C. The van der Waals surface area contributed by atoms with Crippen LogP contribution >= 0.6 is 0 Å². The molecule has 140 valence electrons. The van der Waals surface area contributed by atoms with Gasteiger partial charge in [0.2, 0.25) is 0 Å². The van der Waals surface area contributed by atoms with Crippen molar-refractivity contribution >= 4 is 0 Å². The van der Waals surface area contributed by atoms with E-state index in [-0.39, 0.29) is 5.92 Å². The van der Waals surface area contributed by atoms with Gasteiger partial charge in [0.05, 0.1) is 14.2 Å². The van der Waals surface area contributed by atoms with Crippen LogP contribution in [0.4, 0.5) is 0 Å². The molecular weight excluding hydrogens is 332 g/mol. The molecule has 0 N–H and O–H groups in total. The fraction of sp³-hybridized carbons (Fsp3) is 0.280. The van der Waals surface area contributed by atoms with Crippen molar-refractivity contribution in [2.75, 3.05) is 14.2 Å². The van der Waals surface area contributed by atoms with Crippen LogP contribution < -0.4 is 9.47 Å². The molecule has 27 heavy (non-hydrogen) atoms. The second kappa shape index (κ2) is 8.30. The summed E-state index contributed by atoms with van der Waals surface area (Å²) in [5.41, 5.74) is 7.65. The predicted molar refractivity (Wildman–Crippen MR) is 112 cm³/mol. The van der Waals surface area contributed by atoms with E-state index in [0.29, 0.717) is 0 Å². The Kier molecular flexibility index (Phi) is 5.85. The maximum absolute atomic E-state index is 5.46. The zero-order valence-electron chi connectivity index (χ0n) is 16.9. The molecule has 0 aliphatic heterocycles. The van der Waals surface area contributed by atoms with E-state index in [2.05, 4.69) is 81.4 Å². The van der Waals surface area contributed by atoms with E-state index in [9.17, 15) is 0 Å². The van der Waals surface area contributed by atoms with Gasteiger partial charge in [-0.3, -0.25) is 0 Å². The van der Waals surface area contributed by atoms with Gasteiger partial charge in [0, 0.05) is 5.92 Å². The number of aryl methyl sites for hydroxylation is 3. The Labute approximate surface area is 162 Å². The van der Waals surface area contributed by atoms with Gasteiger partial charge in [-0.05, 0) is 72.7 Å². The van der Waals surface area contributed by atoms with E-state index in [1.165, 1.54) is 22.3 Å². The highest BCUT2D eigenvalue weighted by Crippen LogP contribution is 2.34. The largest absolute Gasteiger partial charge is 0.496 e. The van der Waals surface area contributed by atoms with Gasteiger partial charge in [-0.15, -0.1) is 0 Å². The van der Waals surface area contributed by atoms with E-state index >= 15 is 0 Å². The van der Waals surface area contributed by atoms with Crippen LogP contribution in [0.2, 0.25) is 0 Å². The van der Waals surface area contributed by atoms with Crippen LogP contribution in [-0.2, 0) is 6.42 Å². The van der Waals surface area contributed by atoms with Crippen molar-refractivity contribution in [2.24, 2.45) is 0 Å². The summed E-state index contributed by atoms with van der Waals surface area (Å²) >= 11 is 0. The lowest BCUT2D eigenvalue weighted by atomic mass is 9.83. The fourth-order valence-electron chi connectivity index (χ4n) is 3.72.